The van der Waals surface area contributed by atoms with Crippen LogP contribution in [0.4, 0.5) is 0 Å². The molecule has 0 amide bonds. The Morgan fingerprint density at radius 3 is 2.82 bits per heavy atom. The highest BCUT2D eigenvalue weighted by Gasteiger charge is 2.23. The molecule has 0 saturated heterocycles. The van der Waals surface area contributed by atoms with Crippen LogP contribution in [0, 0.1) is 0 Å². The van der Waals surface area contributed by atoms with Gasteiger partial charge in [0.05, 0.1) is 0 Å². The summed E-state index contributed by atoms with van der Waals surface area (Å²) in [6.07, 6.45) is 3.30. The number of aromatic nitrogens is 3. The first kappa shape index (κ1) is 10.5. The van der Waals surface area contributed by atoms with E-state index >= 15 is 0 Å². The van der Waals surface area contributed by atoms with Crippen molar-refractivity contribution in [1.82, 2.24) is 14.8 Å². The SMILES string of the molecule is NCC1CCCc2nnc(-c3ccccc3)n21. The van der Waals surface area contributed by atoms with E-state index in [0.717, 1.165) is 36.5 Å². The van der Waals surface area contributed by atoms with E-state index < -0.39 is 0 Å². The van der Waals surface area contributed by atoms with Crippen molar-refractivity contribution in [3.05, 3.63) is 36.2 Å². The largest absolute Gasteiger partial charge is 0.328 e. The topological polar surface area (TPSA) is 56.7 Å². The molecule has 0 spiro atoms. The van der Waals surface area contributed by atoms with Crippen molar-refractivity contribution >= 4 is 0 Å². The quantitative estimate of drug-likeness (QED) is 0.852. The summed E-state index contributed by atoms with van der Waals surface area (Å²) in [7, 11) is 0. The van der Waals surface area contributed by atoms with Gasteiger partial charge in [0.15, 0.2) is 5.82 Å². The number of aryl methyl sites for hydroxylation is 1. The smallest absolute Gasteiger partial charge is 0.164 e. The summed E-state index contributed by atoms with van der Waals surface area (Å²) in [6, 6.07) is 10.6. The van der Waals surface area contributed by atoms with Gasteiger partial charge >= 0.3 is 0 Å². The summed E-state index contributed by atoms with van der Waals surface area (Å²) in [5, 5.41) is 8.61. The monoisotopic (exact) mass is 228 g/mol. The Hall–Kier alpha value is -1.68. The predicted molar refractivity (Wildman–Crippen MR) is 66.5 cm³/mol. The number of hydrogen-bond donors (Lipinski definition) is 1. The maximum absolute atomic E-state index is 5.85. The molecule has 0 fully saturated rings. The van der Waals surface area contributed by atoms with Crippen LogP contribution in [0.3, 0.4) is 0 Å². The Morgan fingerprint density at radius 2 is 2.06 bits per heavy atom. The van der Waals surface area contributed by atoms with Gasteiger partial charge in [-0.2, -0.15) is 0 Å². The zero-order valence-electron chi connectivity index (χ0n) is 9.71. The second-order valence-electron chi connectivity index (χ2n) is 4.46. The molecular formula is C13H16N4. The summed E-state index contributed by atoms with van der Waals surface area (Å²) >= 11 is 0. The van der Waals surface area contributed by atoms with Crippen molar-refractivity contribution < 1.29 is 0 Å². The number of nitrogens with zero attached hydrogens (tertiary/aromatic N) is 3. The van der Waals surface area contributed by atoms with Crippen LogP contribution < -0.4 is 5.73 Å². The molecule has 2 heterocycles. The number of rotatable bonds is 2. The second kappa shape index (κ2) is 4.30. The Morgan fingerprint density at radius 1 is 1.24 bits per heavy atom. The third-order valence-electron chi connectivity index (χ3n) is 3.37. The van der Waals surface area contributed by atoms with Gasteiger partial charge < -0.3 is 10.3 Å². The Balaban J connectivity index is 2.10. The average Bonchev–Trinajstić information content (AvgIpc) is 2.83. The van der Waals surface area contributed by atoms with Gasteiger partial charge in [-0.05, 0) is 12.8 Å². The maximum Gasteiger partial charge on any atom is 0.164 e. The fourth-order valence-electron chi connectivity index (χ4n) is 2.51. The highest BCUT2D eigenvalue weighted by molar-refractivity contribution is 5.55. The lowest BCUT2D eigenvalue weighted by molar-refractivity contribution is 0.407. The first-order valence-electron chi connectivity index (χ1n) is 6.09. The molecule has 0 saturated carbocycles. The summed E-state index contributed by atoms with van der Waals surface area (Å²) in [4.78, 5) is 0. The maximum atomic E-state index is 5.85. The fraction of sp³-hybridized carbons (Fsp3) is 0.385. The van der Waals surface area contributed by atoms with Gasteiger partial charge in [0.1, 0.15) is 5.82 Å². The lowest BCUT2D eigenvalue weighted by Gasteiger charge is -2.24. The molecule has 4 nitrogen and oxygen atoms in total. The Kier molecular flexibility index (Phi) is 2.65. The molecule has 1 aliphatic rings. The van der Waals surface area contributed by atoms with Crippen LogP contribution in [0.2, 0.25) is 0 Å². The third-order valence-corrected chi connectivity index (χ3v) is 3.37. The van der Waals surface area contributed by atoms with Crippen LogP contribution >= 0.6 is 0 Å². The van der Waals surface area contributed by atoms with Gasteiger partial charge in [0, 0.05) is 24.6 Å². The number of hydrogen-bond acceptors (Lipinski definition) is 3. The van der Waals surface area contributed by atoms with Gasteiger partial charge in [-0.1, -0.05) is 30.3 Å². The zero-order valence-corrected chi connectivity index (χ0v) is 9.71. The molecule has 0 aliphatic carbocycles. The van der Waals surface area contributed by atoms with Crippen molar-refractivity contribution in [2.75, 3.05) is 6.54 Å². The summed E-state index contributed by atoms with van der Waals surface area (Å²) in [6.45, 7) is 0.658. The van der Waals surface area contributed by atoms with Crippen LogP contribution in [0.25, 0.3) is 11.4 Å². The van der Waals surface area contributed by atoms with Crippen molar-refractivity contribution in [3.8, 4) is 11.4 Å². The van der Waals surface area contributed by atoms with Crippen LogP contribution in [0.5, 0.6) is 0 Å². The minimum Gasteiger partial charge on any atom is -0.328 e. The van der Waals surface area contributed by atoms with Crippen molar-refractivity contribution in [3.63, 3.8) is 0 Å². The zero-order chi connectivity index (χ0) is 11.7. The molecule has 1 aromatic heterocycles. The van der Waals surface area contributed by atoms with Gasteiger partial charge in [-0.25, -0.2) is 0 Å². The van der Waals surface area contributed by atoms with E-state index in [2.05, 4.69) is 26.9 Å². The number of benzene rings is 1. The Labute approximate surface area is 100 Å². The normalized spacial score (nSPS) is 19.0. The summed E-state index contributed by atoms with van der Waals surface area (Å²) in [5.74, 6) is 2.03. The van der Waals surface area contributed by atoms with Crippen LogP contribution in [-0.4, -0.2) is 21.3 Å². The molecule has 17 heavy (non-hydrogen) atoms. The molecule has 4 heteroatoms. The number of fused-ring (bicyclic) bond motifs is 1. The molecule has 1 aliphatic heterocycles. The lowest BCUT2D eigenvalue weighted by atomic mass is 10.0. The minimum atomic E-state index is 0.351. The molecule has 1 unspecified atom stereocenters. The molecular weight excluding hydrogens is 212 g/mol. The Bertz CT molecular complexity index is 503. The van der Waals surface area contributed by atoms with Crippen molar-refractivity contribution in [2.45, 2.75) is 25.3 Å². The van der Waals surface area contributed by atoms with Crippen LogP contribution in [0.15, 0.2) is 30.3 Å². The highest BCUT2D eigenvalue weighted by Crippen LogP contribution is 2.29. The fourth-order valence-corrected chi connectivity index (χ4v) is 2.51. The van der Waals surface area contributed by atoms with Crippen LogP contribution in [-0.2, 0) is 6.42 Å². The minimum absolute atomic E-state index is 0.351. The van der Waals surface area contributed by atoms with Crippen molar-refractivity contribution in [2.24, 2.45) is 5.73 Å². The van der Waals surface area contributed by atoms with Gasteiger partial charge in [0.2, 0.25) is 0 Å². The van der Waals surface area contributed by atoms with Gasteiger partial charge in [0.25, 0.3) is 0 Å². The molecule has 1 atom stereocenters. The number of nitrogens with two attached hydrogens (primary N) is 1. The molecule has 2 aromatic rings. The summed E-state index contributed by atoms with van der Waals surface area (Å²) in [5.41, 5.74) is 6.97. The van der Waals surface area contributed by atoms with E-state index in [9.17, 15) is 0 Å². The lowest BCUT2D eigenvalue weighted by Crippen LogP contribution is -2.25. The van der Waals surface area contributed by atoms with E-state index in [-0.39, 0.29) is 0 Å². The average molecular weight is 228 g/mol. The summed E-state index contributed by atoms with van der Waals surface area (Å²) < 4.78 is 2.22. The van der Waals surface area contributed by atoms with Gasteiger partial charge in [-0.15, -0.1) is 10.2 Å². The third kappa shape index (κ3) is 1.74. The van der Waals surface area contributed by atoms with E-state index in [1.54, 1.807) is 0 Å². The van der Waals surface area contributed by atoms with E-state index in [0.29, 0.717) is 12.6 Å². The molecule has 0 bridgehead atoms. The molecule has 3 rings (SSSR count). The molecule has 0 radical (unpaired) electrons. The standard InChI is InChI=1S/C13H16N4/c14-9-11-7-4-8-12-15-16-13(17(11)12)10-5-2-1-3-6-10/h1-3,5-6,11H,4,7-9,14H2. The van der Waals surface area contributed by atoms with E-state index in [1.807, 2.05) is 18.2 Å². The van der Waals surface area contributed by atoms with E-state index in [4.69, 9.17) is 5.73 Å². The molecule has 2 N–H and O–H groups in total. The highest BCUT2D eigenvalue weighted by atomic mass is 15.3. The molecule has 1 aromatic carbocycles. The molecule has 88 valence electrons. The predicted octanol–water partition coefficient (Wildman–Crippen LogP) is 1.78. The van der Waals surface area contributed by atoms with Gasteiger partial charge in [-0.3, -0.25) is 0 Å². The second-order valence-corrected chi connectivity index (χ2v) is 4.46. The first-order valence-corrected chi connectivity index (χ1v) is 6.09. The first-order chi connectivity index (χ1) is 8.40. The van der Waals surface area contributed by atoms with Crippen molar-refractivity contribution in [1.29, 1.82) is 0 Å². The van der Waals surface area contributed by atoms with E-state index in [1.165, 1.54) is 0 Å². The van der Waals surface area contributed by atoms with Crippen LogP contribution in [0.1, 0.15) is 24.7 Å².